The minimum absolute atomic E-state index is 0.00759. The van der Waals surface area contributed by atoms with Crippen molar-refractivity contribution in [2.75, 3.05) is 0 Å². The van der Waals surface area contributed by atoms with Gasteiger partial charge in [0.2, 0.25) is 0 Å². The second kappa shape index (κ2) is 5.12. The van der Waals surface area contributed by atoms with Gasteiger partial charge in [-0.3, -0.25) is 16.3 Å². The van der Waals surface area contributed by atoms with Crippen molar-refractivity contribution < 1.29 is 4.42 Å². The molecule has 0 saturated heterocycles. The molecular weight excluding hydrogens is 214 g/mol. The Morgan fingerprint density at radius 2 is 2.29 bits per heavy atom. The zero-order valence-electron chi connectivity index (χ0n) is 10.1. The summed E-state index contributed by atoms with van der Waals surface area (Å²) in [7, 11) is 0. The largest absolute Gasteiger partial charge is 0.472 e. The number of aryl methyl sites for hydroxylation is 2. The van der Waals surface area contributed by atoms with Gasteiger partial charge in [-0.2, -0.15) is 0 Å². The van der Waals surface area contributed by atoms with Gasteiger partial charge in [0.05, 0.1) is 24.3 Å². The van der Waals surface area contributed by atoms with E-state index in [1.165, 1.54) is 0 Å². The van der Waals surface area contributed by atoms with Crippen LogP contribution in [0.15, 0.2) is 35.3 Å². The number of aromatic nitrogens is 1. The molecule has 4 nitrogen and oxygen atoms in total. The maximum absolute atomic E-state index is 5.61. The van der Waals surface area contributed by atoms with E-state index in [1.807, 2.05) is 19.2 Å². The summed E-state index contributed by atoms with van der Waals surface area (Å²) in [5.74, 6) is 5.61. The molecule has 4 heteroatoms. The lowest BCUT2D eigenvalue weighted by molar-refractivity contribution is 0.524. The van der Waals surface area contributed by atoms with Gasteiger partial charge in [-0.1, -0.05) is 6.07 Å². The van der Waals surface area contributed by atoms with E-state index < -0.39 is 0 Å². The molecule has 2 heterocycles. The van der Waals surface area contributed by atoms with Gasteiger partial charge >= 0.3 is 0 Å². The van der Waals surface area contributed by atoms with Crippen molar-refractivity contribution in [2.45, 2.75) is 26.3 Å². The van der Waals surface area contributed by atoms with Crippen molar-refractivity contribution in [3.63, 3.8) is 0 Å². The molecular formula is C13H17N3O. The molecule has 0 aliphatic heterocycles. The molecule has 0 fully saturated rings. The topological polar surface area (TPSA) is 64.1 Å². The minimum Gasteiger partial charge on any atom is -0.472 e. The van der Waals surface area contributed by atoms with Crippen LogP contribution in [0, 0.1) is 13.8 Å². The van der Waals surface area contributed by atoms with E-state index in [9.17, 15) is 0 Å². The summed E-state index contributed by atoms with van der Waals surface area (Å²) in [6.07, 6.45) is 6.03. The minimum atomic E-state index is 0.00759. The molecule has 0 amide bonds. The summed E-state index contributed by atoms with van der Waals surface area (Å²) in [5, 5.41) is 0. The molecule has 90 valence electrons. The molecule has 1 unspecified atom stereocenters. The van der Waals surface area contributed by atoms with Gasteiger partial charge in [0.25, 0.3) is 0 Å². The van der Waals surface area contributed by atoms with Crippen LogP contribution in [-0.2, 0) is 6.42 Å². The first-order valence-electron chi connectivity index (χ1n) is 5.61. The Hall–Kier alpha value is -1.65. The smallest absolute Gasteiger partial charge is 0.0935 e. The molecule has 0 aliphatic rings. The van der Waals surface area contributed by atoms with E-state index in [0.717, 1.165) is 28.8 Å². The fourth-order valence-electron chi connectivity index (χ4n) is 1.97. The summed E-state index contributed by atoms with van der Waals surface area (Å²) < 4.78 is 5.06. The van der Waals surface area contributed by atoms with Crippen LogP contribution < -0.4 is 11.3 Å². The van der Waals surface area contributed by atoms with E-state index in [4.69, 9.17) is 10.3 Å². The standard InChI is InChI=1S/C13H17N3O/c1-9-5-10(2)13(15-7-9)12(16-14)6-11-3-4-17-8-11/h3-5,7-8,12,16H,6,14H2,1-2H3. The number of pyridine rings is 1. The highest BCUT2D eigenvalue weighted by atomic mass is 16.3. The highest BCUT2D eigenvalue weighted by molar-refractivity contribution is 5.27. The number of hydrogen-bond acceptors (Lipinski definition) is 4. The molecule has 2 aromatic rings. The Morgan fingerprint density at radius 1 is 1.47 bits per heavy atom. The van der Waals surface area contributed by atoms with E-state index in [2.05, 4.69) is 23.4 Å². The van der Waals surface area contributed by atoms with Crippen LogP contribution in [0.1, 0.15) is 28.4 Å². The fraction of sp³-hybridized carbons (Fsp3) is 0.308. The lowest BCUT2D eigenvalue weighted by Gasteiger charge is -2.16. The van der Waals surface area contributed by atoms with Crippen molar-refractivity contribution in [3.8, 4) is 0 Å². The van der Waals surface area contributed by atoms with Crippen molar-refractivity contribution in [1.29, 1.82) is 0 Å². The third-order valence-electron chi connectivity index (χ3n) is 2.81. The molecule has 0 radical (unpaired) electrons. The monoisotopic (exact) mass is 231 g/mol. The average molecular weight is 231 g/mol. The lowest BCUT2D eigenvalue weighted by Crippen LogP contribution is -2.30. The van der Waals surface area contributed by atoms with Crippen LogP contribution in [-0.4, -0.2) is 4.98 Å². The van der Waals surface area contributed by atoms with E-state index >= 15 is 0 Å². The van der Waals surface area contributed by atoms with Gasteiger partial charge < -0.3 is 4.42 Å². The molecule has 0 aromatic carbocycles. The second-order valence-electron chi connectivity index (χ2n) is 4.27. The Bertz CT molecular complexity index is 479. The number of nitrogens with one attached hydrogen (secondary N) is 1. The normalized spacial score (nSPS) is 12.6. The van der Waals surface area contributed by atoms with E-state index in [0.29, 0.717) is 0 Å². The third-order valence-corrected chi connectivity index (χ3v) is 2.81. The molecule has 0 spiro atoms. The van der Waals surface area contributed by atoms with Crippen molar-refractivity contribution in [3.05, 3.63) is 53.2 Å². The average Bonchev–Trinajstić information content (AvgIpc) is 2.79. The van der Waals surface area contributed by atoms with Gasteiger partial charge in [0.15, 0.2) is 0 Å². The summed E-state index contributed by atoms with van der Waals surface area (Å²) in [6, 6.07) is 4.06. The van der Waals surface area contributed by atoms with Crippen LogP contribution in [0.4, 0.5) is 0 Å². The SMILES string of the molecule is Cc1cnc(C(Cc2ccoc2)NN)c(C)c1. The Balaban J connectivity index is 2.23. The first kappa shape index (κ1) is 11.8. The number of hydrazine groups is 1. The molecule has 1 atom stereocenters. The first-order valence-corrected chi connectivity index (χ1v) is 5.61. The maximum Gasteiger partial charge on any atom is 0.0935 e. The summed E-state index contributed by atoms with van der Waals surface area (Å²) in [4.78, 5) is 4.46. The van der Waals surface area contributed by atoms with Crippen LogP contribution in [0.2, 0.25) is 0 Å². The van der Waals surface area contributed by atoms with Gasteiger partial charge in [0.1, 0.15) is 0 Å². The molecule has 0 aliphatic carbocycles. The molecule has 2 rings (SSSR count). The number of hydrogen-bond donors (Lipinski definition) is 2. The van der Waals surface area contributed by atoms with Gasteiger partial charge in [-0.15, -0.1) is 0 Å². The second-order valence-corrected chi connectivity index (χ2v) is 4.27. The van der Waals surface area contributed by atoms with Gasteiger partial charge in [-0.25, -0.2) is 0 Å². The van der Waals surface area contributed by atoms with Crippen molar-refractivity contribution >= 4 is 0 Å². The molecule has 17 heavy (non-hydrogen) atoms. The lowest BCUT2D eigenvalue weighted by atomic mass is 10.0. The quantitative estimate of drug-likeness (QED) is 0.624. The van der Waals surface area contributed by atoms with Crippen LogP contribution in [0.5, 0.6) is 0 Å². The number of furan rings is 1. The van der Waals surface area contributed by atoms with Crippen LogP contribution in [0.25, 0.3) is 0 Å². The van der Waals surface area contributed by atoms with Crippen molar-refractivity contribution in [1.82, 2.24) is 10.4 Å². The Kier molecular flexibility index (Phi) is 3.56. The summed E-state index contributed by atoms with van der Waals surface area (Å²) in [5.41, 5.74) is 7.21. The maximum atomic E-state index is 5.61. The Morgan fingerprint density at radius 3 is 2.88 bits per heavy atom. The highest BCUT2D eigenvalue weighted by Crippen LogP contribution is 2.19. The summed E-state index contributed by atoms with van der Waals surface area (Å²) >= 11 is 0. The van der Waals surface area contributed by atoms with Crippen LogP contribution >= 0.6 is 0 Å². The summed E-state index contributed by atoms with van der Waals surface area (Å²) in [6.45, 7) is 4.08. The fourth-order valence-corrected chi connectivity index (χ4v) is 1.97. The predicted octanol–water partition coefficient (Wildman–Crippen LogP) is 2.04. The highest BCUT2D eigenvalue weighted by Gasteiger charge is 2.15. The molecule has 3 N–H and O–H groups in total. The van der Waals surface area contributed by atoms with Gasteiger partial charge in [0, 0.05) is 6.20 Å². The predicted molar refractivity (Wildman–Crippen MR) is 66.2 cm³/mol. The number of rotatable bonds is 4. The molecule has 2 aromatic heterocycles. The van der Waals surface area contributed by atoms with Crippen LogP contribution in [0.3, 0.4) is 0 Å². The van der Waals surface area contributed by atoms with Crippen molar-refractivity contribution in [2.24, 2.45) is 5.84 Å². The molecule has 0 saturated carbocycles. The zero-order chi connectivity index (χ0) is 12.3. The number of nitrogens with two attached hydrogens (primary N) is 1. The third kappa shape index (κ3) is 2.72. The molecule has 0 bridgehead atoms. The van der Waals surface area contributed by atoms with Gasteiger partial charge in [-0.05, 0) is 43.0 Å². The Labute approximate surface area is 101 Å². The van der Waals surface area contributed by atoms with E-state index in [-0.39, 0.29) is 6.04 Å². The number of nitrogens with zero attached hydrogens (tertiary/aromatic N) is 1. The first-order chi connectivity index (χ1) is 8.20. The zero-order valence-corrected chi connectivity index (χ0v) is 10.1. The van der Waals surface area contributed by atoms with E-state index in [1.54, 1.807) is 12.5 Å².